The number of carbonyl (C=O) groups excluding carboxylic acids is 1. The zero-order valence-corrected chi connectivity index (χ0v) is 9.74. The molecular formula is C12H21NO2. The van der Waals surface area contributed by atoms with Gasteiger partial charge in [-0.1, -0.05) is 19.8 Å². The third kappa shape index (κ3) is 2.03. The minimum absolute atomic E-state index is 0.0426. The fraction of sp³-hybridized carbons (Fsp3) is 0.917. The lowest BCUT2D eigenvalue weighted by Gasteiger charge is -2.48. The highest BCUT2D eigenvalue weighted by atomic mass is 16.5. The standard InChI is InChI=1S/C12H21NO2/c1-9-5-3-4-6-10(9)13-8-7-11(13)12(14)15-2/h9-11H,3-8H2,1-2H3. The number of hydrogen-bond acceptors (Lipinski definition) is 3. The van der Waals surface area contributed by atoms with Crippen molar-refractivity contribution >= 4 is 5.97 Å². The van der Waals surface area contributed by atoms with E-state index in [4.69, 9.17) is 4.74 Å². The van der Waals surface area contributed by atoms with Crippen LogP contribution < -0.4 is 0 Å². The summed E-state index contributed by atoms with van der Waals surface area (Å²) in [4.78, 5) is 13.8. The van der Waals surface area contributed by atoms with E-state index >= 15 is 0 Å². The van der Waals surface area contributed by atoms with Gasteiger partial charge in [0, 0.05) is 12.6 Å². The molecule has 15 heavy (non-hydrogen) atoms. The minimum atomic E-state index is -0.0426. The van der Waals surface area contributed by atoms with Crippen molar-refractivity contribution in [3.05, 3.63) is 0 Å². The summed E-state index contributed by atoms with van der Waals surface area (Å²) in [7, 11) is 1.49. The van der Waals surface area contributed by atoms with E-state index < -0.39 is 0 Å². The summed E-state index contributed by atoms with van der Waals surface area (Å²) in [5, 5.41) is 0. The monoisotopic (exact) mass is 211 g/mol. The van der Waals surface area contributed by atoms with Crippen molar-refractivity contribution in [3.63, 3.8) is 0 Å². The highest BCUT2D eigenvalue weighted by molar-refractivity contribution is 5.76. The quantitative estimate of drug-likeness (QED) is 0.652. The van der Waals surface area contributed by atoms with Gasteiger partial charge in [-0.05, 0) is 25.2 Å². The van der Waals surface area contributed by atoms with Crippen molar-refractivity contribution in [1.29, 1.82) is 0 Å². The van der Waals surface area contributed by atoms with Gasteiger partial charge in [0.15, 0.2) is 0 Å². The average Bonchev–Trinajstić information content (AvgIpc) is 2.19. The normalized spacial score (nSPS) is 37.1. The first-order valence-corrected chi connectivity index (χ1v) is 6.07. The molecule has 1 saturated carbocycles. The van der Waals surface area contributed by atoms with E-state index in [0.717, 1.165) is 18.9 Å². The van der Waals surface area contributed by atoms with Gasteiger partial charge in [-0.15, -0.1) is 0 Å². The first-order valence-electron chi connectivity index (χ1n) is 6.07. The van der Waals surface area contributed by atoms with Crippen LogP contribution in [0.25, 0.3) is 0 Å². The molecule has 0 N–H and O–H groups in total. The molecule has 2 aliphatic rings. The fourth-order valence-corrected chi connectivity index (χ4v) is 2.98. The van der Waals surface area contributed by atoms with Crippen LogP contribution in [-0.4, -0.2) is 36.6 Å². The molecule has 0 bridgehead atoms. The molecule has 0 aromatic heterocycles. The second-order valence-corrected chi connectivity index (χ2v) is 4.89. The molecule has 3 heteroatoms. The Morgan fingerprint density at radius 3 is 2.53 bits per heavy atom. The van der Waals surface area contributed by atoms with Crippen LogP contribution in [0.15, 0.2) is 0 Å². The topological polar surface area (TPSA) is 29.5 Å². The third-order valence-corrected chi connectivity index (χ3v) is 4.03. The van der Waals surface area contributed by atoms with Crippen molar-refractivity contribution in [2.45, 2.75) is 51.1 Å². The molecule has 0 aromatic carbocycles. The molecule has 3 unspecified atom stereocenters. The van der Waals surface area contributed by atoms with Gasteiger partial charge in [0.25, 0.3) is 0 Å². The number of nitrogens with zero attached hydrogens (tertiary/aromatic N) is 1. The van der Waals surface area contributed by atoms with Gasteiger partial charge in [-0.25, -0.2) is 0 Å². The predicted octanol–water partition coefficient (Wildman–Crippen LogP) is 1.81. The Balaban J connectivity index is 1.95. The molecule has 0 aromatic rings. The van der Waals surface area contributed by atoms with Gasteiger partial charge in [-0.3, -0.25) is 9.69 Å². The van der Waals surface area contributed by atoms with Crippen LogP contribution in [0, 0.1) is 5.92 Å². The summed E-state index contributed by atoms with van der Waals surface area (Å²) in [5.41, 5.74) is 0. The molecule has 86 valence electrons. The fourth-order valence-electron chi connectivity index (χ4n) is 2.98. The van der Waals surface area contributed by atoms with Crippen LogP contribution in [0.5, 0.6) is 0 Å². The number of carbonyl (C=O) groups is 1. The van der Waals surface area contributed by atoms with E-state index in [1.807, 2.05) is 0 Å². The minimum Gasteiger partial charge on any atom is -0.468 e. The van der Waals surface area contributed by atoms with Crippen LogP contribution >= 0.6 is 0 Å². The second kappa shape index (κ2) is 4.52. The number of rotatable bonds is 2. The number of methoxy groups -OCH3 is 1. The zero-order chi connectivity index (χ0) is 10.8. The van der Waals surface area contributed by atoms with E-state index in [1.165, 1.54) is 32.8 Å². The van der Waals surface area contributed by atoms with Crippen molar-refractivity contribution in [2.75, 3.05) is 13.7 Å². The van der Waals surface area contributed by atoms with Crippen molar-refractivity contribution < 1.29 is 9.53 Å². The Morgan fingerprint density at radius 2 is 2.00 bits per heavy atom. The molecule has 2 rings (SSSR count). The van der Waals surface area contributed by atoms with Crippen molar-refractivity contribution in [2.24, 2.45) is 5.92 Å². The molecule has 0 radical (unpaired) electrons. The Labute approximate surface area is 91.8 Å². The molecular weight excluding hydrogens is 190 g/mol. The van der Waals surface area contributed by atoms with Crippen molar-refractivity contribution in [3.8, 4) is 0 Å². The molecule has 1 aliphatic carbocycles. The van der Waals surface area contributed by atoms with E-state index in [2.05, 4.69) is 11.8 Å². The van der Waals surface area contributed by atoms with Gasteiger partial charge in [0.1, 0.15) is 6.04 Å². The largest absolute Gasteiger partial charge is 0.468 e. The van der Waals surface area contributed by atoms with Gasteiger partial charge in [0.05, 0.1) is 7.11 Å². The van der Waals surface area contributed by atoms with Gasteiger partial charge < -0.3 is 4.74 Å². The van der Waals surface area contributed by atoms with Crippen LogP contribution in [0.4, 0.5) is 0 Å². The smallest absolute Gasteiger partial charge is 0.323 e. The molecule has 3 nitrogen and oxygen atoms in total. The first kappa shape index (κ1) is 10.9. The number of likely N-dealkylation sites (tertiary alicyclic amines) is 1. The molecule has 1 heterocycles. The SMILES string of the molecule is COC(=O)C1CCN1C1CCCCC1C. The maximum absolute atomic E-state index is 11.5. The lowest BCUT2D eigenvalue weighted by Crippen LogP contribution is -2.59. The predicted molar refractivity (Wildman–Crippen MR) is 58.5 cm³/mol. The highest BCUT2D eigenvalue weighted by Gasteiger charge is 2.41. The highest BCUT2D eigenvalue weighted by Crippen LogP contribution is 2.33. The molecule has 3 atom stereocenters. The Kier molecular flexibility index (Phi) is 3.29. The van der Waals surface area contributed by atoms with Crippen LogP contribution in [-0.2, 0) is 9.53 Å². The number of ether oxygens (including phenoxy) is 1. The van der Waals surface area contributed by atoms with Gasteiger partial charge in [0.2, 0.25) is 0 Å². The molecule has 0 amide bonds. The van der Waals surface area contributed by atoms with Crippen LogP contribution in [0.2, 0.25) is 0 Å². The van der Waals surface area contributed by atoms with E-state index in [-0.39, 0.29) is 12.0 Å². The number of esters is 1. The lowest BCUT2D eigenvalue weighted by molar-refractivity contribution is -0.155. The summed E-state index contributed by atoms with van der Waals surface area (Å²) < 4.78 is 4.83. The average molecular weight is 211 g/mol. The van der Waals surface area contributed by atoms with E-state index in [9.17, 15) is 4.79 Å². The third-order valence-electron chi connectivity index (χ3n) is 4.03. The molecule has 2 fully saturated rings. The van der Waals surface area contributed by atoms with Crippen LogP contribution in [0.1, 0.15) is 39.0 Å². The molecule has 1 aliphatic heterocycles. The summed E-state index contributed by atoms with van der Waals surface area (Å²) >= 11 is 0. The summed E-state index contributed by atoms with van der Waals surface area (Å²) in [6.07, 6.45) is 6.23. The van der Waals surface area contributed by atoms with E-state index in [1.54, 1.807) is 0 Å². The Bertz CT molecular complexity index is 242. The number of hydrogen-bond donors (Lipinski definition) is 0. The maximum atomic E-state index is 11.5. The zero-order valence-electron chi connectivity index (χ0n) is 9.74. The summed E-state index contributed by atoms with van der Waals surface area (Å²) in [6, 6.07) is 0.678. The van der Waals surface area contributed by atoms with Gasteiger partial charge >= 0.3 is 5.97 Å². The molecule has 0 spiro atoms. The summed E-state index contributed by atoms with van der Waals surface area (Å²) in [5.74, 6) is 0.699. The first-order chi connectivity index (χ1) is 7.24. The van der Waals surface area contributed by atoms with Crippen LogP contribution in [0.3, 0.4) is 0 Å². The Hall–Kier alpha value is -0.570. The lowest BCUT2D eigenvalue weighted by atomic mass is 9.82. The van der Waals surface area contributed by atoms with Crippen molar-refractivity contribution in [1.82, 2.24) is 4.90 Å². The Morgan fingerprint density at radius 1 is 1.27 bits per heavy atom. The maximum Gasteiger partial charge on any atom is 0.323 e. The molecule has 1 saturated heterocycles. The van der Waals surface area contributed by atoms with Gasteiger partial charge in [-0.2, -0.15) is 0 Å². The van der Waals surface area contributed by atoms with E-state index in [0.29, 0.717) is 6.04 Å². The summed E-state index contributed by atoms with van der Waals surface area (Å²) in [6.45, 7) is 3.39. The second-order valence-electron chi connectivity index (χ2n) is 4.89.